The second-order valence-corrected chi connectivity index (χ2v) is 9.18. The van der Waals surface area contributed by atoms with Crippen LogP contribution in [0.4, 0.5) is 0 Å². The molecule has 2 fully saturated rings. The third kappa shape index (κ3) is 4.83. The molecule has 4 rings (SSSR count). The molecule has 2 saturated heterocycles. The summed E-state index contributed by atoms with van der Waals surface area (Å²) in [5.74, 6) is 0.569. The fraction of sp³-hybridized carbons (Fsp3) is 0.560. The number of benzene rings is 1. The number of nitrogens with zero attached hydrogens (tertiary/aromatic N) is 3. The molecule has 0 saturated carbocycles. The summed E-state index contributed by atoms with van der Waals surface area (Å²) in [4.78, 5) is 30.0. The number of hydrogen-bond acceptors (Lipinski definition) is 3. The van der Waals surface area contributed by atoms with Crippen molar-refractivity contribution in [1.82, 2.24) is 20.0 Å². The highest BCUT2D eigenvalue weighted by atomic mass is 16.2. The number of aromatic amines is 1. The van der Waals surface area contributed by atoms with E-state index in [1.54, 1.807) is 6.20 Å². The van der Waals surface area contributed by atoms with Gasteiger partial charge in [-0.2, -0.15) is 5.10 Å². The summed E-state index contributed by atoms with van der Waals surface area (Å²) in [5.41, 5.74) is 2.87. The molecule has 0 aliphatic carbocycles. The van der Waals surface area contributed by atoms with Crippen molar-refractivity contribution in [3.05, 3.63) is 53.3 Å². The van der Waals surface area contributed by atoms with Gasteiger partial charge in [0.05, 0.1) is 17.5 Å². The van der Waals surface area contributed by atoms with Gasteiger partial charge < -0.3 is 9.80 Å². The van der Waals surface area contributed by atoms with E-state index in [2.05, 4.69) is 36.2 Å². The van der Waals surface area contributed by atoms with Gasteiger partial charge >= 0.3 is 0 Å². The summed E-state index contributed by atoms with van der Waals surface area (Å²) in [7, 11) is 0. The number of carbonyl (C=O) groups is 2. The number of nitrogens with one attached hydrogen (secondary N) is 1. The van der Waals surface area contributed by atoms with Gasteiger partial charge in [-0.3, -0.25) is 14.7 Å². The van der Waals surface area contributed by atoms with E-state index in [1.807, 2.05) is 28.0 Å². The lowest BCUT2D eigenvalue weighted by Crippen LogP contribution is -2.47. The second-order valence-electron chi connectivity index (χ2n) is 9.18. The summed E-state index contributed by atoms with van der Waals surface area (Å²) in [6.45, 7) is 5.77. The Morgan fingerprint density at radius 1 is 1.03 bits per heavy atom. The van der Waals surface area contributed by atoms with Crippen LogP contribution < -0.4 is 0 Å². The zero-order valence-corrected chi connectivity index (χ0v) is 18.7. The van der Waals surface area contributed by atoms with Crippen molar-refractivity contribution in [3.8, 4) is 0 Å². The number of aryl methyl sites for hydroxylation is 1. The molecule has 0 spiro atoms. The molecular formula is C25H34N4O2. The summed E-state index contributed by atoms with van der Waals surface area (Å²) >= 11 is 0. The molecular weight excluding hydrogens is 388 g/mol. The first-order valence-electron chi connectivity index (χ1n) is 11.7. The van der Waals surface area contributed by atoms with Crippen LogP contribution in [-0.2, 0) is 11.2 Å². The van der Waals surface area contributed by atoms with Gasteiger partial charge in [-0.05, 0) is 57.9 Å². The van der Waals surface area contributed by atoms with E-state index in [0.29, 0.717) is 6.42 Å². The van der Waals surface area contributed by atoms with Crippen molar-refractivity contribution in [2.75, 3.05) is 13.1 Å². The van der Waals surface area contributed by atoms with Crippen molar-refractivity contribution in [2.45, 2.75) is 76.8 Å². The molecule has 6 nitrogen and oxygen atoms in total. The highest BCUT2D eigenvalue weighted by molar-refractivity contribution is 5.95. The second kappa shape index (κ2) is 9.67. The van der Waals surface area contributed by atoms with Crippen molar-refractivity contribution in [1.29, 1.82) is 0 Å². The number of hydrogen-bond donors (Lipinski definition) is 1. The standard InChI is InChI=1S/C25H34N4O2/c1-18-7-6-8-19(2)29(18)25(31)22-17-26-27-24(22)21-13-15-28(16-14-21)23(30)12-11-20-9-4-3-5-10-20/h3-5,9-10,17-19,21H,6-8,11-16H2,1-2H3,(H,26,27)/t18-,19-/m1/s1. The lowest BCUT2D eigenvalue weighted by Gasteiger charge is -2.39. The number of piperidine rings is 2. The van der Waals surface area contributed by atoms with Crippen molar-refractivity contribution in [2.24, 2.45) is 0 Å². The van der Waals surface area contributed by atoms with Crippen LogP contribution in [0, 0.1) is 0 Å². The van der Waals surface area contributed by atoms with Gasteiger partial charge in [0.15, 0.2) is 0 Å². The van der Waals surface area contributed by atoms with E-state index in [0.717, 1.165) is 56.5 Å². The summed E-state index contributed by atoms with van der Waals surface area (Å²) in [6, 6.07) is 10.7. The van der Waals surface area contributed by atoms with Crippen LogP contribution >= 0.6 is 0 Å². The van der Waals surface area contributed by atoms with E-state index in [-0.39, 0.29) is 29.8 Å². The van der Waals surface area contributed by atoms with E-state index < -0.39 is 0 Å². The highest BCUT2D eigenvalue weighted by Crippen LogP contribution is 2.32. The van der Waals surface area contributed by atoms with Crippen LogP contribution in [0.15, 0.2) is 36.5 Å². The molecule has 2 aliphatic heterocycles. The van der Waals surface area contributed by atoms with E-state index in [1.165, 1.54) is 12.0 Å². The predicted octanol–water partition coefficient (Wildman–Crippen LogP) is 4.15. The molecule has 0 unspecified atom stereocenters. The van der Waals surface area contributed by atoms with Crippen molar-refractivity contribution >= 4 is 11.8 Å². The fourth-order valence-electron chi connectivity index (χ4n) is 5.21. The first-order valence-corrected chi connectivity index (χ1v) is 11.7. The molecule has 0 radical (unpaired) electrons. The quantitative estimate of drug-likeness (QED) is 0.787. The summed E-state index contributed by atoms with van der Waals surface area (Å²) in [6.07, 6.45) is 8.07. The number of H-pyrrole nitrogens is 1. The number of rotatable bonds is 5. The Bertz CT molecular complexity index is 876. The van der Waals surface area contributed by atoms with Crippen LogP contribution in [0.5, 0.6) is 0 Å². The third-order valence-corrected chi connectivity index (χ3v) is 7.05. The van der Waals surface area contributed by atoms with Crippen LogP contribution in [-0.4, -0.2) is 57.0 Å². The van der Waals surface area contributed by atoms with E-state index >= 15 is 0 Å². The van der Waals surface area contributed by atoms with Crippen molar-refractivity contribution < 1.29 is 9.59 Å². The molecule has 31 heavy (non-hydrogen) atoms. The van der Waals surface area contributed by atoms with Crippen molar-refractivity contribution in [3.63, 3.8) is 0 Å². The highest BCUT2D eigenvalue weighted by Gasteiger charge is 2.34. The van der Waals surface area contributed by atoms with Crippen LogP contribution in [0.2, 0.25) is 0 Å². The maximum absolute atomic E-state index is 13.3. The minimum absolute atomic E-state index is 0.102. The minimum atomic E-state index is 0.102. The molecule has 1 N–H and O–H groups in total. The molecule has 1 aromatic carbocycles. The maximum Gasteiger partial charge on any atom is 0.257 e. The molecule has 2 aliphatic rings. The van der Waals surface area contributed by atoms with Gasteiger partial charge in [0, 0.05) is 37.5 Å². The average molecular weight is 423 g/mol. The summed E-state index contributed by atoms with van der Waals surface area (Å²) in [5, 5.41) is 7.34. The lowest BCUT2D eigenvalue weighted by molar-refractivity contribution is -0.132. The molecule has 166 valence electrons. The number of carbonyl (C=O) groups excluding carboxylic acids is 2. The first-order chi connectivity index (χ1) is 15.0. The first kappa shape index (κ1) is 21.6. The topological polar surface area (TPSA) is 69.3 Å². The molecule has 2 atom stereocenters. The largest absolute Gasteiger partial charge is 0.343 e. The Kier molecular flexibility index (Phi) is 6.73. The molecule has 6 heteroatoms. The maximum atomic E-state index is 13.3. The molecule has 2 amide bonds. The molecule has 3 heterocycles. The number of likely N-dealkylation sites (tertiary alicyclic amines) is 2. The number of aromatic nitrogens is 2. The Morgan fingerprint density at radius 3 is 2.39 bits per heavy atom. The Morgan fingerprint density at radius 2 is 1.71 bits per heavy atom. The third-order valence-electron chi connectivity index (χ3n) is 7.05. The number of amides is 2. The van der Waals surface area contributed by atoms with E-state index in [4.69, 9.17) is 0 Å². The Balaban J connectivity index is 1.35. The van der Waals surface area contributed by atoms with Gasteiger partial charge in [0.1, 0.15) is 0 Å². The molecule has 2 aromatic rings. The van der Waals surface area contributed by atoms with Gasteiger partial charge in [0.2, 0.25) is 5.91 Å². The van der Waals surface area contributed by atoms with Gasteiger partial charge in [-0.1, -0.05) is 30.3 Å². The van der Waals surface area contributed by atoms with Gasteiger partial charge in [-0.15, -0.1) is 0 Å². The zero-order valence-electron chi connectivity index (χ0n) is 18.7. The van der Waals surface area contributed by atoms with Crippen LogP contribution in [0.25, 0.3) is 0 Å². The van der Waals surface area contributed by atoms with Gasteiger partial charge in [-0.25, -0.2) is 0 Å². The van der Waals surface area contributed by atoms with Crippen LogP contribution in [0.1, 0.15) is 79.9 Å². The molecule has 1 aromatic heterocycles. The van der Waals surface area contributed by atoms with E-state index in [9.17, 15) is 9.59 Å². The fourth-order valence-corrected chi connectivity index (χ4v) is 5.21. The lowest BCUT2D eigenvalue weighted by atomic mass is 9.90. The molecule has 0 bridgehead atoms. The van der Waals surface area contributed by atoms with Gasteiger partial charge in [0.25, 0.3) is 5.91 Å². The SMILES string of the molecule is C[C@@H]1CCC[C@@H](C)N1C(=O)c1cn[nH]c1C1CCN(C(=O)CCc2ccccc2)CC1. The Labute approximate surface area is 185 Å². The average Bonchev–Trinajstić information content (AvgIpc) is 3.28. The summed E-state index contributed by atoms with van der Waals surface area (Å²) < 4.78 is 0. The predicted molar refractivity (Wildman–Crippen MR) is 121 cm³/mol. The zero-order chi connectivity index (χ0) is 21.8. The Hall–Kier alpha value is -2.63. The monoisotopic (exact) mass is 422 g/mol. The minimum Gasteiger partial charge on any atom is -0.343 e. The van der Waals surface area contributed by atoms with Crippen LogP contribution in [0.3, 0.4) is 0 Å². The normalized spacial score (nSPS) is 22.5. The smallest absolute Gasteiger partial charge is 0.257 e.